The lowest BCUT2D eigenvalue weighted by molar-refractivity contribution is 0.249. The minimum atomic E-state index is 0.154. The smallest absolute Gasteiger partial charge is 0.127 e. The first kappa shape index (κ1) is 18.3. The van der Waals surface area contributed by atoms with Gasteiger partial charge in [0.05, 0.1) is 6.61 Å². The zero-order chi connectivity index (χ0) is 20.3. The van der Waals surface area contributed by atoms with Crippen LogP contribution in [0.2, 0.25) is 0 Å². The Morgan fingerprint density at radius 1 is 0.667 bits per heavy atom. The average molecular weight is 394 g/mol. The molecule has 2 atom stereocenters. The molecule has 0 aromatic heterocycles. The Morgan fingerprint density at radius 2 is 1.30 bits per heavy atom. The van der Waals surface area contributed by atoms with Crippen molar-refractivity contribution in [3.8, 4) is 23.0 Å². The molecule has 148 valence electrons. The van der Waals surface area contributed by atoms with Crippen molar-refractivity contribution >= 4 is 0 Å². The predicted molar refractivity (Wildman–Crippen MR) is 118 cm³/mol. The number of para-hydroxylation sites is 2. The molecule has 4 aromatic rings. The average Bonchev–Trinajstić information content (AvgIpc) is 2.80. The highest BCUT2D eigenvalue weighted by Gasteiger charge is 2.33. The Bertz CT molecular complexity index is 1120. The van der Waals surface area contributed by atoms with Crippen molar-refractivity contribution in [2.24, 2.45) is 0 Å². The van der Waals surface area contributed by atoms with E-state index in [1.54, 1.807) is 12.1 Å². The van der Waals surface area contributed by atoms with Crippen molar-refractivity contribution in [1.82, 2.24) is 0 Å². The van der Waals surface area contributed by atoms with Crippen LogP contribution in [-0.2, 0) is 0 Å². The van der Waals surface area contributed by atoms with E-state index >= 15 is 0 Å². The highest BCUT2D eigenvalue weighted by molar-refractivity contribution is 5.49. The molecule has 0 radical (unpaired) electrons. The van der Waals surface area contributed by atoms with E-state index in [1.165, 1.54) is 11.1 Å². The Morgan fingerprint density at radius 3 is 2.07 bits per heavy atom. The van der Waals surface area contributed by atoms with Gasteiger partial charge in [-0.2, -0.15) is 0 Å². The normalized spacial score (nSPS) is 17.6. The van der Waals surface area contributed by atoms with Crippen LogP contribution >= 0.6 is 0 Å². The van der Waals surface area contributed by atoms with Crippen LogP contribution in [0.4, 0.5) is 0 Å². The van der Waals surface area contributed by atoms with Gasteiger partial charge in [-0.3, -0.25) is 0 Å². The van der Waals surface area contributed by atoms with E-state index < -0.39 is 0 Å². The first-order chi connectivity index (χ1) is 14.8. The van der Waals surface area contributed by atoms with Gasteiger partial charge in [0.1, 0.15) is 23.0 Å². The molecule has 1 aliphatic rings. The highest BCUT2D eigenvalue weighted by atomic mass is 16.5. The van der Waals surface area contributed by atoms with Crippen LogP contribution in [0, 0.1) is 0 Å². The molecule has 1 aliphatic heterocycles. The molecule has 0 saturated heterocycles. The number of aromatic hydroxyl groups is 1. The van der Waals surface area contributed by atoms with Crippen LogP contribution in [0.1, 0.15) is 28.5 Å². The maximum absolute atomic E-state index is 9.70. The quantitative estimate of drug-likeness (QED) is 0.430. The van der Waals surface area contributed by atoms with Crippen molar-refractivity contribution in [1.29, 1.82) is 0 Å². The van der Waals surface area contributed by atoms with Crippen LogP contribution in [0.15, 0.2) is 103 Å². The second-order valence-electron chi connectivity index (χ2n) is 7.51. The molecule has 30 heavy (non-hydrogen) atoms. The standard InChI is InChI=1S/C27H22O3/c28-21-14-10-19(11-15-21)25-18-29-26-9-5-4-8-24(26)27(25)20-12-16-23(17-13-20)30-22-6-2-1-3-7-22/h1-17,25,27-28H,18H2. The monoisotopic (exact) mass is 394 g/mol. The first-order valence-electron chi connectivity index (χ1n) is 10.1. The Hall–Kier alpha value is -3.72. The number of fused-ring (bicyclic) bond motifs is 1. The summed E-state index contributed by atoms with van der Waals surface area (Å²) < 4.78 is 12.1. The number of rotatable bonds is 4. The fraction of sp³-hybridized carbons (Fsp3) is 0.111. The van der Waals surface area contributed by atoms with E-state index in [0.717, 1.165) is 22.8 Å². The highest BCUT2D eigenvalue weighted by Crippen LogP contribution is 2.46. The van der Waals surface area contributed by atoms with Gasteiger partial charge in [0, 0.05) is 17.4 Å². The fourth-order valence-corrected chi connectivity index (χ4v) is 4.15. The molecule has 5 rings (SSSR count). The number of benzene rings is 4. The van der Waals surface area contributed by atoms with Gasteiger partial charge in [0.2, 0.25) is 0 Å². The van der Waals surface area contributed by atoms with Crippen molar-refractivity contribution in [3.63, 3.8) is 0 Å². The Kier molecular flexibility index (Phi) is 4.86. The van der Waals surface area contributed by atoms with Gasteiger partial charge in [0.25, 0.3) is 0 Å². The van der Waals surface area contributed by atoms with E-state index in [9.17, 15) is 5.11 Å². The molecule has 1 heterocycles. The predicted octanol–water partition coefficient (Wildman–Crippen LogP) is 6.49. The van der Waals surface area contributed by atoms with Crippen molar-refractivity contribution < 1.29 is 14.6 Å². The van der Waals surface area contributed by atoms with Crippen molar-refractivity contribution in [3.05, 3.63) is 120 Å². The van der Waals surface area contributed by atoms with Crippen LogP contribution in [0.3, 0.4) is 0 Å². The molecular formula is C27H22O3. The van der Waals surface area contributed by atoms with Gasteiger partial charge in [0.15, 0.2) is 0 Å². The number of hydrogen-bond donors (Lipinski definition) is 1. The van der Waals surface area contributed by atoms with E-state index in [-0.39, 0.29) is 17.6 Å². The molecule has 0 saturated carbocycles. The molecule has 4 aromatic carbocycles. The molecule has 0 amide bonds. The third-order valence-electron chi connectivity index (χ3n) is 5.61. The van der Waals surface area contributed by atoms with E-state index in [4.69, 9.17) is 9.47 Å². The number of phenolic OH excluding ortho intramolecular Hbond substituents is 1. The number of ether oxygens (including phenoxy) is 2. The van der Waals surface area contributed by atoms with Gasteiger partial charge in [-0.25, -0.2) is 0 Å². The van der Waals surface area contributed by atoms with Crippen molar-refractivity contribution in [2.45, 2.75) is 11.8 Å². The molecule has 0 aliphatic carbocycles. The maximum atomic E-state index is 9.70. The second-order valence-corrected chi connectivity index (χ2v) is 7.51. The topological polar surface area (TPSA) is 38.7 Å². The van der Waals surface area contributed by atoms with Crippen LogP contribution in [-0.4, -0.2) is 11.7 Å². The molecule has 3 heteroatoms. The van der Waals surface area contributed by atoms with Crippen LogP contribution in [0.25, 0.3) is 0 Å². The SMILES string of the molecule is Oc1ccc(C2COc3ccccc3C2c2ccc(Oc3ccccc3)cc2)cc1. The third kappa shape index (κ3) is 3.62. The summed E-state index contributed by atoms with van der Waals surface area (Å²) in [6.45, 7) is 0.592. The number of phenols is 1. The van der Waals surface area contributed by atoms with Crippen LogP contribution < -0.4 is 9.47 Å². The summed E-state index contributed by atoms with van der Waals surface area (Å²) in [6, 6.07) is 33.8. The summed E-state index contributed by atoms with van der Waals surface area (Å²) >= 11 is 0. The second kappa shape index (κ2) is 7.96. The van der Waals surface area contributed by atoms with Gasteiger partial charge < -0.3 is 14.6 Å². The van der Waals surface area contributed by atoms with Gasteiger partial charge in [-0.15, -0.1) is 0 Å². The molecule has 1 N–H and O–H groups in total. The molecule has 0 bridgehead atoms. The lowest BCUT2D eigenvalue weighted by Crippen LogP contribution is -2.25. The zero-order valence-corrected chi connectivity index (χ0v) is 16.4. The summed E-state index contributed by atoms with van der Waals surface area (Å²) in [5, 5.41) is 9.70. The molecule has 3 nitrogen and oxygen atoms in total. The van der Waals surface area contributed by atoms with Gasteiger partial charge >= 0.3 is 0 Å². The molecular weight excluding hydrogens is 372 g/mol. The van der Waals surface area contributed by atoms with Gasteiger partial charge in [-0.05, 0) is 53.6 Å². The van der Waals surface area contributed by atoms with E-state index in [0.29, 0.717) is 6.61 Å². The minimum Gasteiger partial charge on any atom is -0.508 e. The Labute approximate surface area is 176 Å². The van der Waals surface area contributed by atoms with Gasteiger partial charge in [-0.1, -0.05) is 60.7 Å². The maximum Gasteiger partial charge on any atom is 0.127 e. The fourth-order valence-electron chi connectivity index (χ4n) is 4.15. The van der Waals surface area contributed by atoms with Crippen molar-refractivity contribution in [2.75, 3.05) is 6.61 Å². The molecule has 0 fully saturated rings. The third-order valence-corrected chi connectivity index (χ3v) is 5.61. The zero-order valence-electron chi connectivity index (χ0n) is 16.4. The summed E-state index contributed by atoms with van der Waals surface area (Å²) in [4.78, 5) is 0. The van der Waals surface area contributed by atoms with E-state index in [1.807, 2.05) is 66.7 Å². The first-order valence-corrected chi connectivity index (χ1v) is 10.1. The largest absolute Gasteiger partial charge is 0.508 e. The summed E-state index contributed by atoms with van der Waals surface area (Å²) in [5.74, 6) is 3.15. The van der Waals surface area contributed by atoms with E-state index in [2.05, 4.69) is 24.3 Å². The number of hydrogen-bond acceptors (Lipinski definition) is 3. The Balaban J connectivity index is 1.50. The molecule has 0 spiro atoms. The molecule has 2 unspecified atom stereocenters. The summed E-state index contributed by atoms with van der Waals surface area (Å²) in [6.07, 6.45) is 0. The lowest BCUT2D eigenvalue weighted by atomic mass is 9.76. The summed E-state index contributed by atoms with van der Waals surface area (Å²) in [7, 11) is 0. The summed E-state index contributed by atoms with van der Waals surface area (Å²) in [5.41, 5.74) is 3.54. The minimum absolute atomic E-state index is 0.154. The lowest BCUT2D eigenvalue weighted by Gasteiger charge is -2.34. The van der Waals surface area contributed by atoms with Crippen LogP contribution in [0.5, 0.6) is 23.0 Å².